The third-order valence-corrected chi connectivity index (χ3v) is 6.70. The zero-order valence-electron chi connectivity index (χ0n) is 18.2. The summed E-state index contributed by atoms with van der Waals surface area (Å²) < 4.78 is 39.1. The second kappa shape index (κ2) is 9.78. The molecule has 0 bridgehead atoms. The number of carbonyl (C=O) groups is 1. The van der Waals surface area contributed by atoms with Crippen LogP contribution >= 0.6 is 0 Å². The largest absolute Gasteiger partial charge is 0.416 e. The normalized spacial score (nSPS) is 23.2. The van der Waals surface area contributed by atoms with E-state index in [9.17, 15) is 23.1 Å². The summed E-state index contributed by atoms with van der Waals surface area (Å²) in [5.74, 6) is 0.222. The molecule has 0 radical (unpaired) electrons. The molecule has 180 valence electrons. The van der Waals surface area contributed by atoms with E-state index in [4.69, 9.17) is 5.73 Å². The summed E-state index contributed by atoms with van der Waals surface area (Å²) in [6.45, 7) is 1.74. The second-order valence-corrected chi connectivity index (χ2v) is 8.90. The van der Waals surface area contributed by atoms with Gasteiger partial charge in [-0.05, 0) is 49.8 Å². The van der Waals surface area contributed by atoms with Gasteiger partial charge in [0.25, 0.3) is 0 Å². The predicted molar refractivity (Wildman–Crippen MR) is 117 cm³/mol. The second-order valence-electron chi connectivity index (χ2n) is 8.90. The molecule has 8 nitrogen and oxygen atoms in total. The molecule has 4 rings (SSSR count). The van der Waals surface area contributed by atoms with Gasteiger partial charge in [0.2, 0.25) is 5.91 Å². The predicted octanol–water partition coefficient (Wildman–Crippen LogP) is 1.74. The van der Waals surface area contributed by atoms with Crippen molar-refractivity contribution in [1.29, 1.82) is 0 Å². The fourth-order valence-electron chi connectivity index (χ4n) is 4.76. The van der Waals surface area contributed by atoms with Crippen LogP contribution in [0.3, 0.4) is 0 Å². The summed E-state index contributed by atoms with van der Waals surface area (Å²) in [4.78, 5) is 22.7. The molecule has 33 heavy (non-hydrogen) atoms. The van der Waals surface area contributed by atoms with Crippen molar-refractivity contribution in [1.82, 2.24) is 20.2 Å². The fourth-order valence-corrected chi connectivity index (χ4v) is 4.76. The van der Waals surface area contributed by atoms with Crippen LogP contribution in [0.1, 0.15) is 31.2 Å². The molecule has 1 saturated carbocycles. The number of nitrogens with two attached hydrogens (primary N) is 1. The van der Waals surface area contributed by atoms with E-state index in [0.717, 1.165) is 50.9 Å². The van der Waals surface area contributed by atoms with Crippen LogP contribution in [-0.4, -0.2) is 70.2 Å². The van der Waals surface area contributed by atoms with Gasteiger partial charge in [-0.3, -0.25) is 9.69 Å². The number of nitrogens with zero attached hydrogens (tertiary/aromatic N) is 3. The quantitative estimate of drug-likeness (QED) is 0.491. The molecule has 2 aromatic rings. The number of amides is 1. The Kier molecular flexibility index (Phi) is 7.01. The minimum Gasteiger partial charge on any atom is -0.392 e. The van der Waals surface area contributed by atoms with E-state index in [1.54, 1.807) is 0 Å². The Morgan fingerprint density at radius 3 is 2.61 bits per heavy atom. The molecule has 2 aliphatic rings. The first-order valence-corrected chi connectivity index (χ1v) is 11.2. The van der Waals surface area contributed by atoms with Crippen LogP contribution < -0.4 is 16.4 Å². The van der Waals surface area contributed by atoms with Crippen LogP contribution in [0.4, 0.5) is 19.0 Å². The highest BCUT2D eigenvalue weighted by atomic mass is 19.4. The zero-order valence-corrected chi connectivity index (χ0v) is 18.2. The van der Waals surface area contributed by atoms with Crippen molar-refractivity contribution in [3.8, 4) is 0 Å². The number of benzene rings is 1. The molecule has 1 saturated heterocycles. The molecule has 1 aliphatic heterocycles. The van der Waals surface area contributed by atoms with Crippen molar-refractivity contribution >= 4 is 22.6 Å². The van der Waals surface area contributed by atoms with Gasteiger partial charge in [0, 0.05) is 31.1 Å². The van der Waals surface area contributed by atoms with Crippen molar-refractivity contribution in [3.05, 3.63) is 30.1 Å². The minimum atomic E-state index is -4.47. The molecular weight excluding hydrogens is 437 g/mol. The van der Waals surface area contributed by atoms with E-state index in [-0.39, 0.29) is 35.6 Å². The number of likely N-dealkylation sites (tertiary alicyclic amines) is 1. The van der Waals surface area contributed by atoms with Crippen molar-refractivity contribution in [2.24, 2.45) is 11.7 Å². The number of aliphatic hydroxyl groups excluding tert-OH is 1. The van der Waals surface area contributed by atoms with Gasteiger partial charge in [-0.2, -0.15) is 13.2 Å². The Morgan fingerprint density at radius 1 is 1.21 bits per heavy atom. The lowest BCUT2D eigenvalue weighted by molar-refractivity contribution is -0.137. The summed E-state index contributed by atoms with van der Waals surface area (Å²) in [6, 6.07) is 3.76. The third-order valence-electron chi connectivity index (χ3n) is 6.70. The van der Waals surface area contributed by atoms with E-state index in [1.807, 2.05) is 0 Å². The van der Waals surface area contributed by atoms with Crippen molar-refractivity contribution in [2.75, 3.05) is 31.5 Å². The van der Waals surface area contributed by atoms with Gasteiger partial charge in [-0.25, -0.2) is 9.97 Å². The van der Waals surface area contributed by atoms with E-state index in [2.05, 4.69) is 25.5 Å². The van der Waals surface area contributed by atoms with Gasteiger partial charge in [-0.1, -0.05) is 0 Å². The van der Waals surface area contributed by atoms with Crippen molar-refractivity contribution < 1.29 is 23.1 Å². The third kappa shape index (κ3) is 5.53. The molecular formula is C22H29F3N6O2. The van der Waals surface area contributed by atoms with Crippen LogP contribution in [0.15, 0.2) is 24.5 Å². The molecule has 2 heterocycles. The zero-order chi connectivity index (χ0) is 23.6. The van der Waals surface area contributed by atoms with Crippen molar-refractivity contribution in [2.45, 2.75) is 50.0 Å². The molecule has 1 aromatic carbocycles. The first-order chi connectivity index (χ1) is 15.7. The highest BCUT2D eigenvalue weighted by Crippen LogP contribution is 2.33. The summed E-state index contributed by atoms with van der Waals surface area (Å²) >= 11 is 0. The van der Waals surface area contributed by atoms with Crippen molar-refractivity contribution in [3.63, 3.8) is 0 Å². The topological polar surface area (TPSA) is 116 Å². The molecule has 1 atom stereocenters. The smallest absolute Gasteiger partial charge is 0.392 e. The SMILES string of the molecule is NCC(O)[C@H]1CC[C@@H](N2CC(NC(=O)CNc3ncnc4ccc(C(F)(F)F)cc34)C2)CC1. The number of carbonyl (C=O) groups excluding carboxylic acids is 1. The van der Waals surface area contributed by atoms with Crippen LogP contribution in [0, 0.1) is 5.92 Å². The number of fused-ring (bicyclic) bond motifs is 1. The maximum Gasteiger partial charge on any atom is 0.416 e. The Morgan fingerprint density at radius 2 is 1.94 bits per heavy atom. The Bertz CT molecular complexity index is 974. The fraction of sp³-hybridized carbons (Fsp3) is 0.591. The monoisotopic (exact) mass is 466 g/mol. The summed E-state index contributed by atoms with van der Waals surface area (Å²) in [5.41, 5.74) is 5.13. The Labute approximate surface area is 189 Å². The van der Waals surface area contributed by atoms with Gasteiger partial charge in [0.1, 0.15) is 12.1 Å². The maximum absolute atomic E-state index is 13.0. The number of aromatic nitrogens is 2. The van der Waals surface area contributed by atoms with Crippen LogP contribution in [0.2, 0.25) is 0 Å². The Hall–Kier alpha value is -2.50. The van der Waals surface area contributed by atoms with E-state index in [0.29, 0.717) is 18.1 Å². The van der Waals surface area contributed by atoms with Gasteiger partial charge < -0.3 is 21.5 Å². The lowest BCUT2D eigenvalue weighted by Crippen LogP contribution is -2.63. The molecule has 1 aromatic heterocycles. The van der Waals surface area contributed by atoms with E-state index < -0.39 is 17.8 Å². The minimum absolute atomic E-state index is 0.0469. The van der Waals surface area contributed by atoms with E-state index in [1.165, 1.54) is 12.4 Å². The van der Waals surface area contributed by atoms with Gasteiger partial charge in [0.15, 0.2) is 0 Å². The maximum atomic E-state index is 13.0. The number of hydrogen-bond donors (Lipinski definition) is 4. The molecule has 0 spiro atoms. The average molecular weight is 467 g/mol. The molecule has 11 heteroatoms. The highest BCUT2D eigenvalue weighted by Gasteiger charge is 2.36. The van der Waals surface area contributed by atoms with Crippen LogP contribution in [-0.2, 0) is 11.0 Å². The van der Waals surface area contributed by atoms with Gasteiger partial charge in [0.05, 0.1) is 29.8 Å². The number of nitrogens with one attached hydrogen (secondary N) is 2. The van der Waals surface area contributed by atoms with Gasteiger partial charge in [-0.15, -0.1) is 0 Å². The molecule has 5 N–H and O–H groups in total. The number of hydrogen-bond acceptors (Lipinski definition) is 7. The first kappa shape index (κ1) is 23.7. The van der Waals surface area contributed by atoms with Crippen LogP contribution in [0.25, 0.3) is 10.9 Å². The number of aliphatic hydroxyl groups is 1. The van der Waals surface area contributed by atoms with E-state index >= 15 is 0 Å². The number of alkyl halides is 3. The van der Waals surface area contributed by atoms with Crippen LogP contribution in [0.5, 0.6) is 0 Å². The highest BCUT2D eigenvalue weighted by molar-refractivity contribution is 5.91. The average Bonchev–Trinajstić information content (AvgIpc) is 2.78. The lowest BCUT2D eigenvalue weighted by atomic mass is 9.81. The Balaban J connectivity index is 1.24. The summed E-state index contributed by atoms with van der Waals surface area (Å²) in [5, 5.41) is 15.9. The molecule has 1 amide bonds. The lowest BCUT2D eigenvalue weighted by Gasteiger charge is -2.47. The summed E-state index contributed by atoms with van der Waals surface area (Å²) in [6.07, 6.45) is 0.315. The first-order valence-electron chi connectivity index (χ1n) is 11.2. The van der Waals surface area contributed by atoms with Gasteiger partial charge >= 0.3 is 6.18 Å². The summed E-state index contributed by atoms with van der Waals surface area (Å²) in [7, 11) is 0. The number of rotatable bonds is 7. The molecule has 1 aliphatic carbocycles. The standard InChI is InChI=1S/C22H29F3N6O2/c23-22(24,25)14-3-6-18-17(7-14)21(29-12-28-18)27-9-20(33)30-15-10-31(11-15)16-4-1-13(2-5-16)19(32)8-26/h3,6-7,12-13,15-16,19,32H,1-2,4-5,8-11,26H2,(H,30,33)(H,27,28,29)/t13-,16+,19?. The number of halogens is 3. The number of anilines is 1. The molecule has 2 fully saturated rings. The molecule has 1 unspecified atom stereocenters.